The van der Waals surface area contributed by atoms with Gasteiger partial charge in [0.15, 0.2) is 0 Å². The highest BCUT2D eigenvalue weighted by Gasteiger charge is 2.18. The van der Waals surface area contributed by atoms with Crippen molar-refractivity contribution in [2.75, 3.05) is 10.0 Å². The number of aryl methyl sites for hydroxylation is 2. The number of carbonyl (C=O) groups is 2. The zero-order valence-corrected chi connectivity index (χ0v) is 19.1. The van der Waals surface area contributed by atoms with Gasteiger partial charge in [-0.3, -0.25) is 10.1 Å². The molecule has 1 aromatic heterocycles. The minimum Gasteiger partial charge on any atom is -0.308 e. The first-order valence-electron chi connectivity index (χ1n) is 9.06. The lowest BCUT2D eigenvalue weighted by Gasteiger charge is -2.10. The van der Waals surface area contributed by atoms with E-state index in [0.29, 0.717) is 11.4 Å². The number of urea groups is 1. The number of hydrogen-bond donors (Lipinski definition) is 3. The SMILES string of the molecule is Cc1cc(C)nc(NS(=O)(=O)c2ccc(NC(=O)NC(=O)c3cccc(Cl)c3Cl)cc2)n1. The smallest absolute Gasteiger partial charge is 0.308 e. The van der Waals surface area contributed by atoms with E-state index in [-0.39, 0.29) is 32.1 Å². The van der Waals surface area contributed by atoms with Gasteiger partial charge in [-0.1, -0.05) is 29.3 Å². The van der Waals surface area contributed by atoms with Crippen LogP contribution in [0.25, 0.3) is 0 Å². The Kier molecular flexibility index (Phi) is 6.97. The Balaban J connectivity index is 1.66. The average molecular weight is 494 g/mol. The molecule has 0 fully saturated rings. The number of amides is 3. The number of anilines is 2. The summed E-state index contributed by atoms with van der Waals surface area (Å²) < 4.78 is 27.4. The maximum Gasteiger partial charge on any atom is 0.326 e. The van der Waals surface area contributed by atoms with Crippen molar-refractivity contribution in [3.8, 4) is 0 Å². The van der Waals surface area contributed by atoms with Crippen LogP contribution < -0.4 is 15.4 Å². The molecule has 12 heteroatoms. The minimum atomic E-state index is -3.94. The summed E-state index contributed by atoms with van der Waals surface area (Å²) in [7, 11) is -3.94. The molecule has 0 saturated carbocycles. The molecule has 0 bridgehead atoms. The lowest BCUT2D eigenvalue weighted by Crippen LogP contribution is -2.34. The fourth-order valence-corrected chi connectivity index (χ4v) is 4.01. The molecule has 32 heavy (non-hydrogen) atoms. The number of rotatable bonds is 5. The fourth-order valence-electron chi connectivity index (χ4n) is 2.68. The molecule has 0 aliphatic heterocycles. The van der Waals surface area contributed by atoms with Gasteiger partial charge in [0.25, 0.3) is 15.9 Å². The molecular weight excluding hydrogens is 477 g/mol. The molecule has 0 aliphatic rings. The molecule has 9 nitrogen and oxygen atoms in total. The van der Waals surface area contributed by atoms with Gasteiger partial charge in [-0.05, 0) is 56.3 Å². The van der Waals surface area contributed by atoms with Crippen molar-refractivity contribution < 1.29 is 18.0 Å². The first-order valence-corrected chi connectivity index (χ1v) is 11.3. The quantitative estimate of drug-likeness (QED) is 0.488. The van der Waals surface area contributed by atoms with E-state index in [0.717, 1.165) is 0 Å². The first kappa shape index (κ1) is 23.5. The zero-order valence-electron chi connectivity index (χ0n) is 16.8. The third-order valence-corrected chi connectivity index (χ3v) is 6.22. The molecule has 0 saturated heterocycles. The predicted octanol–water partition coefficient (Wildman–Crippen LogP) is 4.16. The van der Waals surface area contributed by atoms with Crippen molar-refractivity contribution in [2.24, 2.45) is 0 Å². The van der Waals surface area contributed by atoms with Gasteiger partial charge in [0.05, 0.1) is 20.5 Å². The summed E-state index contributed by atoms with van der Waals surface area (Å²) in [5, 5.41) is 4.75. The largest absolute Gasteiger partial charge is 0.326 e. The van der Waals surface area contributed by atoms with Crippen LogP contribution in [0.1, 0.15) is 21.7 Å². The highest BCUT2D eigenvalue weighted by atomic mass is 35.5. The van der Waals surface area contributed by atoms with Gasteiger partial charge >= 0.3 is 6.03 Å². The van der Waals surface area contributed by atoms with Crippen LogP contribution in [0.15, 0.2) is 53.4 Å². The third kappa shape index (κ3) is 5.72. The monoisotopic (exact) mass is 493 g/mol. The molecule has 2 aromatic carbocycles. The highest BCUT2D eigenvalue weighted by Crippen LogP contribution is 2.25. The Morgan fingerprint density at radius 2 is 1.56 bits per heavy atom. The van der Waals surface area contributed by atoms with Crippen molar-refractivity contribution in [1.29, 1.82) is 0 Å². The number of sulfonamides is 1. The maximum atomic E-state index is 12.6. The standard InChI is InChI=1S/C20H17Cl2N5O4S/c1-11-10-12(2)24-19(23-11)27-32(30,31)14-8-6-13(7-9-14)25-20(29)26-18(28)15-4-3-5-16(21)17(15)22/h3-10H,1-2H3,(H,23,24,27)(H2,25,26,28,29). The second-order valence-corrected chi connectivity index (χ2v) is 9.08. The van der Waals surface area contributed by atoms with Gasteiger partial charge in [-0.2, -0.15) is 0 Å². The van der Waals surface area contributed by atoms with Gasteiger partial charge < -0.3 is 5.32 Å². The van der Waals surface area contributed by atoms with Crippen LogP contribution in [-0.2, 0) is 10.0 Å². The van der Waals surface area contributed by atoms with E-state index in [9.17, 15) is 18.0 Å². The van der Waals surface area contributed by atoms with E-state index in [1.165, 1.54) is 42.5 Å². The molecule has 166 valence electrons. The summed E-state index contributed by atoms with van der Waals surface area (Å²) in [5.74, 6) is -0.783. The van der Waals surface area contributed by atoms with Gasteiger partial charge in [0, 0.05) is 17.1 Å². The molecule has 0 radical (unpaired) electrons. The summed E-state index contributed by atoms with van der Waals surface area (Å²) in [6.45, 7) is 3.45. The van der Waals surface area contributed by atoms with Gasteiger partial charge in [-0.15, -0.1) is 0 Å². The number of halogens is 2. The molecule has 0 aliphatic carbocycles. The maximum absolute atomic E-state index is 12.6. The lowest BCUT2D eigenvalue weighted by molar-refractivity contribution is 0.0967. The molecule has 3 amide bonds. The van der Waals surface area contributed by atoms with E-state index in [4.69, 9.17) is 23.2 Å². The van der Waals surface area contributed by atoms with Gasteiger partial charge in [-0.25, -0.2) is 27.9 Å². The second kappa shape index (κ2) is 9.51. The summed E-state index contributed by atoms with van der Waals surface area (Å²) in [6.07, 6.45) is 0. The van der Waals surface area contributed by atoms with Crippen LogP contribution in [0.2, 0.25) is 10.0 Å². The van der Waals surface area contributed by atoms with Crippen molar-refractivity contribution in [2.45, 2.75) is 18.7 Å². The summed E-state index contributed by atoms with van der Waals surface area (Å²) in [6, 6.07) is 10.7. The Morgan fingerprint density at radius 3 is 2.19 bits per heavy atom. The van der Waals surface area contributed by atoms with Crippen LogP contribution in [0.5, 0.6) is 0 Å². The van der Waals surface area contributed by atoms with Crippen molar-refractivity contribution in [3.05, 3.63) is 75.5 Å². The number of carbonyl (C=O) groups excluding carboxylic acids is 2. The molecule has 0 spiro atoms. The molecule has 0 unspecified atom stereocenters. The number of hydrogen-bond acceptors (Lipinski definition) is 6. The zero-order chi connectivity index (χ0) is 23.5. The topological polar surface area (TPSA) is 130 Å². The second-order valence-electron chi connectivity index (χ2n) is 6.61. The van der Waals surface area contributed by atoms with Crippen LogP contribution >= 0.6 is 23.2 Å². The van der Waals surface area contributed by atoms with E-state index in [2.05, 4.69) is 25.3 Å². The number of nitrogens with zero attached hydrogens (tertiary/aromatic N) is 2. The molecule has 3 N–H and O–H groups in total. The molecule has 3 aromatic rings. The van der Waals surface area contributed by atoms with Crippen LogP contribution in [0.3, 0.4) is 0 Å². The Bertz CT molecular complexity index is 1280. The van der Waals surface area contributed by atoms with Crippen LogP contribution in [0.4, 0.5) is 16.4 Å². The number of aromatic nitrogens is 2. The lowest BCUT2D eigenvalue weighted by atomic mass is 10.2. The van der Waals surface area contributed by atoms with E-state index < -0.39 is 22.0 Å². The number of imide groups is 1. The average Bonchev–Trinajstić information content (AvgIpc) is 2.69. The van der Waals surface area contributed by atoms with Gasteiger partial charge in [0.2, 0.25) is 5.95 Å². The molecule has 1 heterocycles. The Labute approximate surface area is 194 Å². The van der Waals surface area contributed by atoms with Crippen molar-refractivity contribution in [1.82, 2.24) is 15.3 Å². The molecular formula is C20H17Cl2N5O4S. The van der Waals surface area contributed by atoms with E-state index >= 15 is 0 Å². The molecule has 0 atom stereocenters. The van der Waals surface area contributed by atoms with Crippen molar-refractivity contribution >= 4 is 56.8 Å². The third-order valence-electron chi connectivity index (χ3n) is 4.05. The van der Waals surface area contributed by atoms with Crippen molar-refractivity contribution in [3.63, 3.8) is 0 Å². The van der Waals surface area contributed by atoms with Crippen LogP contribution in [-0.4, -0.2) is 30.3 Å². The highest BCUT2D eigenvalue weighted by molar-refractivity contribution is 7.92. The summed E-state index contributed by atoms with van der Waals surface area (Å²) in [4.78, 5) is 32.4. The summed E-state index contributed by atoms with van der Waals surface area (Å²) >= 11 is 11.8. The Morgan fingerprint density at radius 1 is 0.938 bits per heavy atom. The minimum absolute atomic E-state index is 0.0225. The predicted molar refractivity (Wildman–Crippen MR) is 122 cm³/mol. The molecule has 3 rings (SSSR count). The normalized spacial score (nSPS) is 11.0. The van der Waals surface area contributed by atoms with Crippen LogP contribution in [0, 0.1) is 13.8 Å². The first-order chi connectivity index (χ1) is 15.0. The number of benzene rings is 2. The van der Waals surface area contributed by atoms with E-state index in [1.54, 1.807) is 19.9 Å². The summed E-state index contributed by atoms with van der Waals surface area (Å²) in [5.41, 5.74) is 1.54. The van der Waals surface area contributed by atoms with Gasteiger partial charge in [0.1, 0.15) is 0 Å². The number of nitrogens with one attached hydrogen (secondary N) is 3. The van der Waals surface area contributed by atoms with E-state index in [1.807, 2.05) is 0 Å². The Hall–Kier alpha value is -3.21. The fraction of sp³-hybridized carbons (Fsp3) is 0.100.